The third-order valence-electron chi connectivity index (χ3n) is 2.79. The van der Waals surface area contributed by atoms with Gasteiger partial charge in [0.2, 0.25) is 0 Å². The first-order chi connectivity index (χ1) is 6.74. The molecule has 0 saturated carbocycles. The number of nitrogens with one attached hydrogen (secondary N) is 1. The molecule has 1 nitrogen and oxygen atoms in total. The molecule has 1 aliphatic rings. The lowest BCUT2D eigenvalue weighted by Crippen LogP contribution is -2.35. The van der Waals surface area contributed by atoms with Crippen molar-refractivity contribution < 1.29 is 0 Å². The molecule has 1 aromatic carbocycles. The second-order valence-electron chi connectivity index (χ2n) is 3.58. The maximum atomic E-state index is 6.16. The van der Waals surface area contributed by atoms with Crippen LogP contribution in [0.5, 0.6) is 0 Å². The standard InChI is InChI=1S/C11H13Cl2N/c1-2-7-8(10-5-6-14-10)3-4-9(12)11(7)13/h3-4,10,14H,2,5-6H2,1H3/t10-/m0/s1. The van der Waals surface area contributed by atoms with Gasteiger partial charge in [-0.2, -0.15) is 0 Å². The minimum atomic E-state index is 0.486. The predicted molar refractivity (Wildman–Crippen MR) is 61.2 cm³/mol. The third kappa shape index (κ3) is 1.65. The van der Waals surface area contributed by atoms with Crippen LogP contribution < -0.4 is 5.32 Å². The van der Waals surface area contributed by atoms with E-state index < -0.39 is 0 Å². The summed E-state index contributed by atoms with van der Waals surface area (Å²) >= 11 is 12.1. The molecule has 1 aliphatic heterocycles. The monoisotopic (exact) mass is 229 g/mol. The maximum Gasteiger partial charge on any atom is 0.0627 e. The van der Waals surface area contributed by atoms with Gasteiger partial charge in [0.15, 0.2) is 0 Å². The van der Waals surface area contributed by atoms with E-state index in [4.69, 9.17) is 23.2 Å². The Bertz CT molecular complexity index is 345. The van der Waals surface area contributed by atoms with Crippen molar-refractivity contribution in [1.82, 2.24) is 5.32 Å². The molecule has 76 valence electrons. The number of hydrogen-bond donors (Lipinski definition) is 1. The van der Waals surface area contributed by atoms with E-state index in [0.717, 1.165) is 18.0 Å². The summed E-state index contributed by atoms with van der Waals surface area (Å²) in [4.78, 5) is 0. The van der Waals surface area contributed by atoms with Crippen molar-refractivity contribution in [3.63, 3.8) is 0 Å². The first kappa shape index (κ1) is 10.3. The van der Waals surface area contributed by atoms with Crippen molar-refractivity contribution in [3.05, 3.63) is 33.3 Å². The van der Waals surface area contributed by atoms with E-state index in [1.165, 1.54) is 17.5 Å². The topological polar surface area (TPSA) is 12.0 Å². The molecule has 0 aromatic heterocycles. The molecule has 1 fully saturated rings. The van der Waals surface area contributed by atoms with Crippen LogP contribution in [0.1, 0.15) is 30.5 Å². The average molecular weight is 230 g/mol. The molecule has 3 heteroatoms. The van der Waals surface area contributed by atoms with Gasteiger partial charge in [0.25, 0.3) is 0 Å². The van der Waals surface area contributed by atoms with E-state index >= 15 is 0 Å². The molecule has 0 unspecified atom stereocenters. The molecule has 0 radical (unpaired) electrons. The highest BCUT2D eigenvalue weighted by Crippen LogP contribution is 2.34. The number of halogens is 2. The molecule has 1 saturated heterocycles. The summed E-state index contributed by atoms with van der Waals surface area (Å²) in [6.45, 7) is 3.22. The van der Waals surface area contributed by atoms with Crippen LogP contribution in [0.3, 0.4) is 0 Å². The van der Waals surface area contributed by atoms with Crippen LogP contribution in [0.15, 0.2) is 12.1 Å². The molecular formula is C11H13Cl2N. The molecule has 1 N–H and O–H groups in total. The summed E-state index contributed by atoms with van der Waals surface area (Å²) in [5, 5.41) is 4.76. The summed E-state index contributed by atoms with van der Waals surface area (Å²) in [7, 11) is 0. The SMILES string of the molecule is CCc1c([C@@H]2CCN2)ccc(Cl)c1Cl. The van der Waals surface area contributed by atoms with Crippen molar-refractivity contribution in [1.29, 1.82) is 0 Å². The van der Waals surface area contributed by atoms with E-state index in [9.17, 15) is 0 Å². The maximum absolute atomic E-state index is 6.16. The Kier molecular flexibility index (Phi) is 3.01. The van der Waals surface area contributed by atoms with Crippen LogP contribution in [-0.2, 0) is 6.42 Å². The first-order valence-electron chi connectivity index (χ1n) is 4.94. The van der Waals surface area contributed by atoms with Gasteiger partial charge in [0.05, 0.1) is 10.0 Å². The Morgan fingerprint density at radius 2 is 2.14 bits per heavy atom. The van der Waals surface area contributed by atoms with Crippen LogP contribution in [0, 0.1) is 0 Å². The van der Waals surface area contributed by atoms with Crippen molar-refractivity contribution in [2.24, 2.45) is 0 Å². The second-order valence-corrected chi connectivity index (χ2v) is 4.36. The lowest BCUT2D eigenvalue weighted by atomic mass is 9.92. The fraction of sp³-hybridized carbons (Fsp3) is 0.455. The van der Waals surface area contributed by atoms with Crippen molar-refractivity contribution in [2.45, 2.75) is 25.8 Å². The zero-order chi connectivity index (χ0) is 10.1. The Morgan fingerprint density at radius 1 is 1.43 bits per heavy atom. The highest BCUT2D eigenvalue weighted by molar-refractivity contribution is 6.42. The molecule has 0 aliphatic carbocycles. The molecule has 2 rings (SSSR count). The molecule has 1 heterocycles. The number of benzene rings is 1. The van der Waals surface area contributed by atoms with Crippen LogP contribution in [0.4, 0.5) is 0 Å². The van der Waals surface area contributed by atoms with Crippen molar-refractivity contribution >= 4 is 23.2 Å². The summed E-state index contributed by atoms with van der Waals surface area (Å²) in [6.07, 6.45) is 2.14. The summed E-state index contributed by atoms with van der Waals surface area (Å²) in [5.74, 6) is 0. The van der Waals surface area contributed by atoms with E-state index in [1.54, 1.807) is 0 Å². The van der Waals surface area contributed by atoms with Gasteiger partial charge in [0.1, 0.15) is 0 Å². The number of hydrogen-bond acceptors (Lipinski definition) is 1. The molecule has 0 bridgehead atoms. The minimum Gasteiger partial charge on any atom is -0.310 e. The Hall–Kier alpha value is -0.240. The van der Waals surface area contributed by atoms with Crippen LogP contribution >= 0.6 is 23.2 Å². The Labute approximate surface area is 94.4 Å². The van der Waals surface area contributed by atoms with Crippen molar-refractivity contribution in [2.75, 3.05) is 6.54 Å². The fourth-order valence-electron chi connectivity index (χ4n) is 1.85. The highest BCUT2D eigenvalue weighted by Gasteiger charge is 2.22. The molecule has 0 amide bonds. The van der Waals surface area contributed by atoms with Crippen LogP contribution in [-0.4, -0.2) is 6.54 Å². The van der Waals surface area contributed by atoms with E-state index in [2.05, 4.69) is 18.3 Å². The molecular weight excluding hydrogens is 217 g/mol. The van der Waals surface area contributed by atoms with Crippen LogP contribution in [0.25, 0.3) is 0 Å². The Morgan fingerprint density at radius 3 is 2.64 bits per heavy atom. The third-order valence-corrected chi connectivity index (χ3v) is 3.63. The van der Waals surface area contributed by atoms with E-state index in [1.807, 2.05) is 6.07 Å². The quantitative estimate of drug-likeness (QED) is 0.818. The lowest BCUT2D eigenvalue weighted by molar-refractivity contribution is 0.381. The Balaban J connectivity index is 2.43. The smallest absolute Gasteiger partial charge is 0.0627 e. The fourth-order valence-corrected chi connectivity index (χ4v) is 2.33. The lowest BCUT2D eigenvalue weighted by Gasteiger charge is -2.30. The summed E-state index contributed by atoms with van der Waals surface area (Å²) < 4.78 is 0. The van der Waals surface area contributed by atoms with Gasteiger partial charge in [-0.15, -0.1) is 0 Å². The molecule has 1 aromatic rings. The molecule has 0 spiro atoms. The summed E-state index contributed by atoms with van der Waals surface area (Å²) in [5.41, 5.74) is 2.50. The summed E-state index contributed by atoms with van der Waals surface area (Å²) in [6, 6.07) is 4.46. The normalized spacial score (nSPS) is 20.6. The van der Waals surface area contributed by atoms with Gasteiger partial charge in [0, 0.05) is 6.04 Å². The zero-order valence-corrected chi connectivity index (χ0v) is 9.62. The minimum absolute atomic E-state index is 0.486. The van der Waals surface area contributed by atoms with Gasteiger partial charge < -0.3 is 5.32 Å². The molecule has 14 heavy (non-hydrogen) atoms. The zero-order valence-electron chi connectivity index (χ0n) is 8.11. The predicted octanol–water partition coefficient (Wildman–Crippen LogP) is 3.59. The average Bonchev–Trinajstić information content (AvgIpc) is 2.09. The van der Waals surface area contributed by atoms with E-state index in [0.29, 0.717) is 11.1 Å². The van der Waals surface area contributed by atoms with Gasteiger partial charge in [-0.3, -0.25) is 0 Å². The first-order valence-corrected chi connectivity index (χ1v) is 5.69. The van der Waals surface area contributed by atoms with Gasteiger partial charge >= 0.3 is 0 Å². The second kappa shape index (κ2) is 4.09. The van der Waals surface area contributed by atoms with Crippen molar-refractivity contribution in [3.8, 4) is 0 Å². The molecule has 1 atom stereocenters. The largest absolute Gasteiger partial charge is 0.310 e. The van der Waals surface area contributed by atoms with Gasteiger partial charge in [-0.1, -0.05) is 36.2 Å². The van der Waals surface area contributed by atoms with Crippen LogP contribution in [0.2, 0.25) is 10.0 Å². The van der Waals surface area contributed by atoms with Gasteiger partial charge in [-0.25, -0.2) is 0 Å². The number of rotatable bonds is 2. The van der Waals surface area contributed by atoms with E-state index in [-0.39, 0.29) is 0 Å². The van der Waals surface area contributed by atoms with Gasteiger partial charge in [-0.05, 0) is 36.6 Å². The highest BCUT2D eigenvalue weighted by atomic mass is 35.5.